The van der Waals surface area contributed by atoms with Crippen molar-refractivity contribution in [3.8, 4) is 41.8 Å². The van der Waals surface area contributed by atoms with Gasteiger partial charge in [0.05, 0.1) is 23.1 Å². The van der Waals surface area contributed by atoms with Gasteiger partial charge in [-0.15, -0.1) is 22.7 Å². The Morgan fingerprint density at radius 2 is 0.941 bits per heavy atom. The number of thiophene rings is 2. The van der Waals surface area contributed by atoms with Gasteiger partial charge in [-0.25, -0.2) is 18.7 Å². The van der Waals surface area contributed by atoms with Crippen LogP contribution in [0.3, 0.4) is 0 Å². The minimum atomic E-state index is -0.199. The van der Waals surface area contributed by atoms with Gasteiger partial charge in [0.15, 0.2) is 0 Å². The molecule has 4 nitrogen and oxygen atoms in total. The van der Waals surface area contributed by atoms with E-state index < -0.39 is 0 Å². The van der Waals surface area contributed by atoms with Gasteiger partial charge in [0.1, 0.15) is 33.7 Å². The zero-order chi connectivity index (χ0) is 35.5. The molecule has 262 valence electrons. The number of halogens is 2. The minimum absolute atomic E-state index is 0.199. The fourth-order valence-electron chi connectivity index (χ4n) is 6.85. The number of fused-ring (bicyclic) bond motifs is 2. The summed E-state index contributed by atoms with van der Waals surface area (Å²) < 4.78 is 40.7. The largest absolute Gasteiger partial charge is 0.249 e. The topological polar surface area (TPSA) is 51.6 Å². The maximum absolute atomic E-state index is 15.5. The molecule has 0 unspecified atom stereocenters. The van der Waals surface area contributed by atoms with Gasteiger partial charge in [0, 0.05) is 41.8 Å². The monoisotopic (exact) mass is 736 g/mol. The van der Waals surface area contributed by atoms with Gasteiger partial charge in [0.2, 0.25) is 0 Å². The second-order valence-electron chi connectivity index (χ2n) is 13.1. The number of hydrogen-bond acceptors (Lipinski definition) is 7. The molecule has 0 saturated carbocycles. The van der Waals surface area contributed by atoms with Gasteiger partial charge >= 0.3 is 0 Å². The number of nitrogens with zero attached hydrogens (tertiary/aromatic N) is 4. The third kappa shape index (κ3) is 7.13. The molecule has 7 aromatic rings. The molecule has 51 heavy (non-hydrogen) atoms. The highest BCUT2D eigenvalue weighted by Crippen LogP contribution is 2.47. The van der Waals surface area contributed by atoms with Crippen molar-refractivity contribution in [1.29, 1.82) is 0 Å². The zero-order valence-corrected chi connectivity index (χ0v) is 32.1. The Bertz CT molecular complexity index is 2160. The van der Waals surface area contributed by atoms with Crippen LogP contribution in [0.25, 0.3) is 63.8 Å². The van der Waals surface area contributed by atoms with Crippen molar-refractivity contribution in [2.24, 2.45) is 0 Å². The van der Waals surface area contributed by atoms with E-state index in [0.29, 0.717) is 11.1 Å². The molecular weight excluding hydrogens is 695 g/mol. The predicted octanol–water partition coefficient (Wildman–Crippen LogP) is 13.3. The molecule has 9 heteroatoms. The van der Waals surface area contributed by atoms with E-state index >= 15 is 8.78 Å². The Kier molecular flexibility index (Phi) is 11.0. The first-order chi connectivity index (χ1) is 24.9. The summed E-state index contributed by atoms with van der Waals surface area (Å²) in [7, 11) is 0. The van der Waals surface area contributed by atoms with Crippen LogP contribution in [0.1, 0.15) is 88.7 Å². The van der Waals surface area contributed by atoms with E-state index in [4.69, 9.17) is 18.7 Å². The van der Waals surface area contributed by atoms with Crippen LogP contribution < -0.4 is 0 Å². The summed E-state index contributed by atoms with van der Waals surface area (Å²) in [4.78, 5) is 14.1. The first kappa shape index (κ1) is 35.5. The third-order valence-corrected chi connectivity index (χ3v) is 12.4. The van der Waals surface area contributed by atoms with Crippen molar-refractivity contribution in [1.82, 2.24) is 18.7 Å². The number of hydrogen-bond donors (Lipinski definition) is 0. The summed E-state index contributed by atoms with van der Waals surface area (Å²) in [6.07, 6.45) is 9.97. The maximum Gasteiger partial charge on any atom is 0.132 e. The van der Waals surface area contributed by atoms with Gasteiger partial charge in [-0.2, -0.15) is 8.75 Å². The number of aryl methyl sites for hydroxylation is 4. The summed E-state index contributed by atoms with van der Waals surface area (Å²) in [6, 6.07) is 19.4. The van der Waals surface area contributed by atoms with Crippen molar-refractivity contribution in [3.05, 3.63) is 94.8 Å². The molecule has 0 bridgehead atoms. The average Bonchev–Trinajstić information content (AvgIpc) is 3.93. The number of aromatic nitrogens is 4. The molecule has 0 aliphatic heterocycles. The van der Waals surface area contributed by atoms with Gasteiger partial charge in [-0.1, -0.05) is 77.6 Å². The molecular formula is C42H42F2N4S3. The highest BCUT2D eigenvalue weighted by atomic mass is 32.1. The van der Waals surface area contributed by atoms with Gasteiger partial charge < -0.3 is 0 Å². The van der Waals surface area contributed by atoms with E-state index in [1.165, 1.54) is 34.4 Å². The summed E-state index contributed by atoms with van der Waals surface area (Å²) in [5, 5.41) is 0. The fourth-order valence-corrected chi connectivity index (χ4v) is 9.57. The fraction of sp³-hybridized carbons (Fsp3) is 0.333. The highest BCUT2D eigenvalue weighted by molar-refractivity contribution is 7.19. The lowest BCUT2D eigenvalue weighted by Gasteiger charge is -2.13. The van der Waals surface area contributed by atoms with E-state index in [1.54, 1.807) is 12.1 Å². The Balaban J connectivity index is 1.34. The Labute approximate surface area is 311 Å². The summed E-state index contributed by atoms with van der Waals surface area (Å²) in [5.74, 6) is -0.399. The van der Waals surface area contributed by atoms with E-state index in [9.17, 15) is 0 Å². The quantitative estimate of drug-likeness (QED) is 0.104. The molecule has 0 radical (unpaired) electrons. The third-order valence-electron chi connectivity index (χ3n) is 9.60. The number of unbranched alkanes of at least 4 members (excludes halogenated alkanes) is 4. The van der Waals surface area contributed by atoms with Crippen molar-refractivity contribution in [3.63, 3.8) is 0 Å². The molecule has 0 aliphatic rings. The molecule has 0 aliphatic carbocycles. The Hall–Kier alpha value is -3.92. The summed E-state index contributed by atoms with van der Waals surface area (Å²) in [6.45, 7) is 8.56. The van der Waals surface area contributed by atoms with E-state index in [-0.39, 0.29) is 11.6 Å². The van der Waals surface area contributed by atoms with Crippen molar-refractivity contribution in [2.75, 3.05) is 0 Å². The predicted molar refractivity (Wildman–Crippen MR) is 213 cm³/mol. The SMILES string of the molecule is CCCCCc1ccc(-c2ccc(-c3c4nsnc4c(-c4ccc(-c5ccc(CCCCC)cc5F)s4)c4nc(CC)c(CC)nc34)s2)c(F)c1. The normalized spacial score (nSPS) is 11.7. The molecule has 0 fully saturated rings. The lowest BCUT2D eigenvalue weighted by molar-refractivity contribution is 0.626. The minimum Gasteiger partial charge on any atom is -0.249 e. The maximum atomic E-state index is 15.5. The zero-order valence-electron chi connectivity index (χ0n) is 29.6. The molecule has 0 spiro atoms. The van der Waals surface area contributed by atoms with Crippen LogP contribution in [-0.2, 0) is 25.7 Å². The second kappa shape index (κ2) is 15.8. The van der Waals surface area contributed by atoms with E-state index in [2.05, 4.69) is 39.8 Å². The number of rotatable bonds is 14. The lowest BCUT2D eigenvalue weighted by atomic mass is 10.0. The lowest BCUT2D eigenvalue weighted by Crippen LogP contribution is -2.03. The van der Waals surface area contributed by atoms with Crippen LogP contribution >= 0.6 is 34.4 Å². The average molecular weight is 737 g/mol. The summed E-state index contributed by atoms with van der Waals surface area (Å²) >= 11 is 4.24. The van der Waals surface area contributed by atoms with Crippen molar-refractivity contribution < 1.29 is 8.78 Å². The molecule has 4 heterocycles. The molecule has 0 saturated heterocycles. The van der Waals surface area contributed by atoms with Crippen LogP contribution in [0.4, 0.5) is 8.78 Å². The van der Waals surface area contributed by atoms with Crippen LogP contribution in [0.15, 0.2) is 60.7 Å². The second-order valence-corrected chi connectivity index (χ2v) is 15.8. The van der Waals surface area contributed by atoms with Crippen LogP contribution in [0.5, 0.6) is 0 Å². The van der Waals surface area contributed by atoms with E-state index in [0.717, 1.165) is 139 Å². The molecule has 3 aromatic carbocycles. The van der Waals surface area contributed by atoms with Crippen LogP contribution in [0.2, 0.25) is 0 Å². The molecule has 0 atom stereocenters. The Morgan fingerprint density at radius 3 is 1.33 bits per heavy atom. The highest BCUT2D eigenvalue weighted by Gasteiger charge is 2.26. The first-order valence-corrected chi connectivity index (χ1v) is 20.6. The standard InChI is InChI=1S/C42H42F2N4S3/c1-5-9-11-13-25-15-17-27(29(43)23-25)33-19-21-35(49-33)37-39-40(46-32(8-4)31(7-3)45-39)38(42-41(37)47-51-48-42)36-22-20-34(50-36)28-18-16-26(24-30(28)44)14-12-10-6-2/h15-24H,5-14H2,1-4H3. The van der Waals surface area contributed by atoms with Crippen LogP contribution in [-0.4, -0.2) is 18.7 Å². The first-order valence-electron chi connectivity index (χ1n) is 18.2. The summed E-state index contributed by atoms with van der Waals surface area (Å²) in [5.41, 5.74) is 9.94. The van der Waals surface area contributed by atoms with Gasteiger partial charge in [0.25, 0.3) is 0 Å². The number of benzene rings is 3. The Morgan fingerprint density at radius 1 is 0.510 bits per heavy atom. The molecule has 0 amide bonds. The molecule has 0 N–H and O–H groups in total. The molecule has 7 rings (SSSR count). The van der Waals surface area contributed by atoms with Gasteiger partial charge in [-0.3, -0.25) is 0 Å². The van der Waals surface area contributed by atoms with Crippen LogP contribution in [0, 0.1) is 11.6 Å². The van der Waals surface area contributed by atoms with Gasteiger partial charge in [-0.05, 0) is 86.1 Å². The molecule has 4 aromatic heterocycles. The van der Waals surface area contributed by atoms with E-state index in [1.807, 2.05) is 36.4 Å². The smallest absolute Gasteiger partial charge is 0.132 e. The van der Waals surface area contributed by atoms with Crippen molar-refractivity contribution >= 4 is 56.5 Å². The van der Waals surface area contributed by atoms with Crippen molar-refractivity contribution in [2.45, 2.75) is 91.9 Å².